The first-order chi connectivity index (χ1) is 7.44. The second-order valence-corrected chi connectivity index (χ2v) is 3.36. The summed E-state index contributed by atoms with van der Waals surface area (Å²) in [6.07, 6.45) is -1.54. The highest BCUT2D eigenvalue weighted by atomic mass is 19.3. The molecule has 0 rings (SSSR count). The Bertz CT molecular complexity index is 199. The van der Waals surface area contributed by atoms with Crippen molar-refractivity contribution in [2.75, 3.05) is 19.8 Å². The molecule has 0 saturated carbocycles. The number of halogens is 4. The Morgan fingerprint density at radius 2 is 2.06 bits per heavy atom. The molecule has 1 N–H and O–H groups in total. The molecule has 0 aromatic heterocycles. The highest BCUT2D eigenvalue weighted by Crippen LogP contribution is 2.22. The summed E-state index contributed by atoms with van der Waals surface area (Å²) in [6.45, 7) is 4.70. The number of hydrogen-bond donors (Lipinski definition) is 1. The van der Waals surface area contributed by atoms with Gasteiger partial charge >= 0.3 is 12.3 Å². The summed E-state index contributed by atoms with van der Waals surface area (Å²) in [4.78, 5) is 0. The molecule has 16 heavy (non-hydrogen) atoms. The van der Waals surface area contributed by atoms with Crippen LogP contribution in [0, 0.1) is 0 Å². The summed E-state index contributed by atoms with van der Waals surface area (Å²) in [6, 6.07) is -0.170. The van der Waals surface area contributed by atoms with E-state index in [9.17, 15) is 17.6 Å². The van der Waals surface area contributed by atoms with Crippen LogP contribution in [-0.2, 0) is 4.74 Å². The monoisotopic (exact) mass is 243 g/mol. The lowest BCUT2D eigenvalue weighted by Crippen LogP contribution is -2.37. The number of hydrogen-bond acceptors (Lipinski definition) is 2. The second kappa shape index (κ2) is 7.62. The second-order valence-electron chi connectivity index (χ2n) is 3.36. The van der Waals surface area contributed by atoms with Crippen LogP contribution in [0.1, 0.15) is 13.3 Å². The summed E-state index contributed by atoms with van der Waals surface area (Å²) in [5.41, 5.74) is 0. The Kier molecular flexibility index (Phi) is 7.33. The molecule has 0 fully saturated rings. The van der Waals surface area contributed by atoms with Crippen molar-refractivity contribution >= 4 is 0 Å². The molecule has 0 aromatic carbocycles. The summed E-state index contributed by atoms with van der Waals surface area (Å²) in [7, 11) is 0. The molecule has 1 unspecified atom stereocenters. The van der Waals surface area contributed by atoms with Crippen LogP contribution in [0.15, 0.2) is 12.7 Å². The van der Waals surface area contributed by atoms with E-state index in [0.29, 0.717) is 13.0 Å². The predicted molar refractivity (Wildman–Crippen MR) is 54.0 cm³/mol. The van der Waals surface area contributed by atoms with E-state index in [4.69, 9.17) is 0 Å². The zero-order chi connectivity index (χ0) is 12.6. The van der Waals surface area contributed by atoms with Crippen molar-refractivity contribution in [1.82, 2.24) is 5.32 Å². The van der Waals surface area contributed by atoms with E-state index in [1.165, 1.54) is 0 Å². The van der Waals surface area contributed by atoms with Crippen LogP contribution in [0.2, 0.25) is 0 Å². The van der Waals surface area contributed by atoms with Crippen molar-refractivity contribution in [2.45, 2.75) is 31.7 Å². The fraction of sp³-hybridized carbons (Fsp3) is 0.800. The number of nitrogens with one attached hydrogen (secondary N) is 1. The lowest BCUT2D eigenvalue weighted by molar-refractivity contribution is -0.167. The molecule has 0 aliphatic heterocycles. The van der Waals surface area contributed by atoms with Gasteiger partial charge in [-0.15, -0.1) is 6.58 Å². The van der Waals surface area contributed by atoms with Gasteiger partial charge in [0.25, 0.3) is 0 Å². The lowest BCUT2D eigenvalue weighted by atomic mass is 10.2. The van der Waals surface area contributed by atoms with E-state index in [1.54, 1.807) is 6.08 Å². The average Bonchev–Trinajstić information content (AvgIpc) is 2.17. The highest BCUT2D eigenvalue weighted by Gasteiger charge is 2.41. The number of rotatable bonds is 9. The Balaban J connectivity index is 3.88. The van der Waals surface area contributed by atoms with Gasteiger partial charge in [0, 0.05) is 6.04 Å². The van der Waals surface area contributed by atoms with Gasteiger partial charge in [0.15, 0.2) is 0 Å². The third-order valence-electron chi connectivity index (χ3n) is 1.88. The number of alkyl halides is 4. The van der Waals surface area contributed by atoms with Crippen molar-refractivity contribution in [3.05, 3.63) is 12.7 Å². The van der Waals surface area contributed by atoms with Crippen LogP contribution in [0.25, 0.3) is 0 Å². The van der Waals surface area contributed by atoms with Crippen LogP contribution in [-0.4, -0.2) is 38.1 Å². The minimum Gasteiger partial charge on any atom is -0.373 e. The summed E-state index contributed by atoms with van der Waals surface area (Å²) < 4.78 is 53.0. The van der Waals surface area contributed by atoms with Gasteiger partial charge in [0.05, 0.1) is 6.61 Å². The smallest absolute Gasteiger partial charge is 0.330 e. The van der Waals surface area contributed by atoms with E-state index in [0.717, 1.165) is 0 Å². The molecule has 0 bridgehead atoms. The fourth-order valence-corrected chi connectivity index (χ4v) is 1.10. The van der Waals surface area contributed by atoms with Crippen molar-refractivity contribution in [3.8, 4) is 0 Å². The normalized spacial score (nSPS) is 14.1. The van der Waals surface area contributed by atoms with Gasteiger partial charge < -0.3 is 10.1 Å². The third kappa shape index (κ3) is 6.07. The van der Waals surface area contributed by atoms with E-state index >= 15 is 0 Å². The van der Waals surface area contributed by atoms with Crippen molar-refractivity contribution in [2.24, 2.45) is 0 Å². The predicted octanol–water partition coefficient (Wildman–Crippen LogP) is 2.46. The van der Waals surface area contributed by atoms with E-state index in [1.807, 2.05) is 6.92 Å². The summed E-state index contributed by atoms with van der Waals surface area (Å²) in [5, 5.41) is 2.97. The molecule has 96 valence electrons. The Morgan fingerprint density at radius 1 is 1.44 bits per heavy atom. The topological polar surface area (TPSA) is 21.3 Å². The minimum absolute atomic E-state index is 0.0395. The molecular formula is C10H17F4NO. The molecule has 0 saturated heterocycles. The first-order valence-electron chi connectivity index (χ1n) is 5.02. The van der Waals surface area contributed by atoms with Crippen LogP contribution in [0.4, 0.5) is 17.6 Å². The number of likely N-dealkylation sites (N-methyl/N-ethyl adjacent to an activating group) is 1. The largest absolute Gasteiger partial charge is 0.373 e. The molecule has 0 heterocycles. The van der Waals surface area contributed by atoms with Crippen LogP contribution in [0.3, 0.4) is 0 Å². The molecule has 6 heteroatoms. The van der Waals surface area contributed by atoms with Crippen LogP contribution in [0.5, 0.6) is 0 Å². The first kappa shape index (κ1) is 15.4. The summed E-state index contributed by atoms with van der Waals surface area (Å²) >= 11 is 0. The standard InChI is InChI=1S/C10H17F4NO/c1-3-5-8(15-4-2)6-16-7-10(13,14)9(11)12/h3,8-9,15H,1,4-7H2,2H3. The molecule has 0 aromatic rings. The van der Waals surface area contributed by atoms with Gasteiger partial charge in [-0.05, 0) is 13.0 Å². The summed E-state index contributed by atoms with van der Waals surface area (Å²) in [5.74, 6) is -4.08. The maximum Gasteiger partial charge on any atom is 0.330 e. The SMILES string of the molecule is C=CCC(COCC(F)(F)C(F)F)NCC. The van der Waals surface area contributed by atoms with Crippen molar-refractivity contribution in [1.29, 1.82) is 0 Å². The van der Waals surface area contributed by atoms with Crippen LogP contribution >= 0.6 is 0 Å². The van der Waals surface area contributed by atoms with Gasteiger partial charge in [-0.1, -0.05) is 13.0 Å². The zero-order valence-corrected chi connectivity index (χ0v) is 9.19. The van der Waals surface area contributed by atoms with Crippen molar-refractivity contribution < 1.29 is 22.3 Å². The fourth-order valence-electron chi connectivity index (χ4n) is 1.10. The van der Waals surface area contributed by atoms with Gasteiger partial charge in [-0.25, -0.2) is 8.78 Å². The lowest BCUT2D eigenvalue weighted by Gasteiger charge is -2.19. The Hall–Kier alpha value is -0.620. The maximum absolute atomic E-state index is 12.5. The highest BCUT2D eigenvalue weighted by molar-refractivity contribution is 4.78. The van der Waals surface area contributed by atoms with Gasteiger partial charge in [0.1, 0.15) is 6.61 Å². The van der Waals surface area contributed by atoms with Gasteiger partial charge in [-0.2, -0.15) is 8.78 Å². The maximum atomic E-state index is 12.5. The molecule has 0 aliphatic rings. The quantitative estimate of drug-likeness (QED) is 0.496. The average molecular weight is 243 g/mol. The molecule has 0 aliphatic carbocycles. The van der Waals surface area contributed by atoms with Gasteiger partial charge in [-0.3, -0.25) is 0 Å². The Morgan fingerprint density at radius 3 is 2.50 bits per heavy atom. The molecule has 0 amide bonds. The Labute approximate surface area is 92.7 Å². The molecule has 1 atom stereocenters. The van der Waals surface area contributed by atoms with Crippen molar-refractivity contribution in [3.63, 3.8) is 0 Å². The zero-order valence-electron chi connectivity index (χ0n) is 9.19. The van der Waals surface area contributed by atoms with E-state index in [2.05, 4.69) is 16.6 Å². The molecule has 0 radical (unpaired) electrons. The number of ether oxygens (including phenoxy) is 1. The van der Waals surface area contributed by atoms with E-state index in [-0.39, 0.29) is 12.6 Å². The molecule has 0 spiro atoms. The molecular weight excluding hydrogens is 226 g/mol. The van der Waals surface area contributed by atoms with Gasteiger partial charge in [0.2, 0.25) is 0 Å². The minimum atomic E-state index is -4.08. The molecule has 2 nitrogen and oxygen atoms in total. The first-order valence-corrected chi connectivity index (χ1v) is 5.02. The van der Waals surface area contributed by atoms with E-state index < -0.39 is 19.0 Å². The third-order valence-corrected chi connectivity index (χ3v) is 1.88. The van der Waals surface area contributed by atoms with Crippen LogP contribution < -0.4 is 5.32 Å².